The van der Waals surface area contributed by atoms with E-state index in [4.69, 9.17) is 0 Å². The molecule has 1 N–H and O–H groups in total. The van der Waals surface area contributed by atoms with Crippen LogP contribution in [0.4, 0.5) is 0 Å². The van der Waals surface area contributed by atoms with Crippen LogP contribution >= 0.6 is 0 Å². The van der Waals surface area contributed by atoms with Gasteiger partial charge < -0.3 is 5.32 Å². The van der Waals surface area contributed by atoms with E-state index in [0.717, 1.165) is 19.5 Å². The fourth-order valence-electron chi connectivity index (χ4n) is 1.81. The molecule has 0 fully saturated rings. The molecule has 0 saturated carbocycles. The van der Waals surface area contributed by atoms with Gasteiger partial charge in [0, 0.05) is 50.8 Å². The molecule has 0 radical (unpaired) electrons. The smallest absolute Gasteiger partial charge is 0.0492 e. The summed E-state index contributed by atoms with van der Waals surface area (Å²) in [6.45, 7) is 3.88. The van der Waals surface area contributed by atoms with Gasteiger partial charge in [-0.2, -0.15) is 5.10 Å². The van der Waals surface area contributed by atoms with Gasteiger partial charge in [0.1, 0.15) is 0 Å². The zero-order valence-corrected chi connectivity index (χ0v) is 10.3. The molecule has 0 spiro atoms. The van der Waals surface area contributed by atoms with Crippen molar-refractivity contribution in [1.29, 1.82) is 0 Å². The van der Waals surface area contributed by atoms with E-state index in [1.54, 1.807) is 0 Å². The lowest BCUT2D eigenvalue weighted by atomic mass is 10.2. The summed E-state index contributed by atoms with van der Waals surface area (Å²) in [4.78, 5) is 4.17. The van der Waals surface area contributed by atoms with Crippen LogP contribution in [0.15, 0.2) is 30.7 Å². The van der Waals surface area contributed by atoms with Gasteiger partial charge in [0.25, 0.3) is 0 Å². The molecule has 0 amide bonds. The molecule has 0 atom stereocenters. The van der Waals surface area contributed by atoms with Crippen LogP contribution in [0.5, 0.6) is 0 Å². The average molecular weight is 230 g/mol. The lowest BCUT2D eigenvalue weighted by Gasteiger charge is -2.05. The maximum Gasteiger partial charge on any atom is 0.0492 e. The first-order valence-electron chi connectivity index (χ1n) is 5.84. The van der Waals surface area contributed by atoms with Crippen molar-refractivity contribution < 1.29 is 0 Å². The minimum Gasteiger partial charge on any atom is -0.312 e. The number of aromatic nitrogens is 3. The monoisotopic (exact) mass is 230 g/mol. The third-order valence-corrected chi connectivity index (χ3v) is 2.74. The average Bonchev–Trinajstić information content (AvgIpc) is 2.71. The summed E-state index contributed by atoms with van der Waals surface area (Å²) in [5, 5.41) is 7.56. The van der Waals surface area contributed by atoms with Crippen molar-refractivity contribution in [2.24, 2.45) is 7.05 Å². The summed E-state index contributed by atoms with van der Waals surface area (Å²) in [5.41, 5.74) is 3.69. The first-order chi connectivity index (χ1) is 8.25. The van der Waals surface area contributed by atoms with Gasteiger partial charge in [0.05, 0.1) is 0 Å². The van der Waals surface area contributed by atoms with Gasteiger partial charge >= 0.3 is 0 Å². The predicted molar refractivity (Wildman–Crippen MR) is 67.6 cm³/mol. The Morgan fingerprint density at radius 3 is 2.94 bits per heavy atom. The van der Waals surface area contributed by atoms with Crippen LogP contribution in [0, 0.1) is 6.92 Å². The first kappa shape index (κ1) is 11.8. The maximum atomic E-state index is 4.17. The summed E-state index contributed by atoms with van der Waals surface area (Å²) in [7, 11) is 1.97. The van der Waals surface area contributed by atoms with Crippen molar-refractivity contribution in [3.8, 4) is 0 Å². The molecule has 2 rings (SSSR count). The van der Waals surface area contributed by atoms with Gasteiger partial charge in [-0.05, 0) is 24.1 Å². The van der Waals surface area contributed by atoms with Gasteiger partial charge in [-0.3, -0.25) is 9.67 Å². The Balaban J connectivity index is 1.75. The number of nitrogens with one attached hydrogen (secondary N) is 1. The molecular formula is C13H18N4. The van der Waals surface area contributed by atoms with Gasteiger partial charge in [-0.1, -0.05) is 6.07 Å². The van der Waals surface area contributed by atoms with E-state index < -0.39 is 0 Å². The van der Waals surface area contributed by atoms with Crippen LogP contribution < -0.4 is 5.32 Å². The molecule has 4 heteroatoms. The second-order valence-corrected chi connectivity index (χ2v) is 4.24. The lowest BCUT2D eigenvalue weighted by Crippen LogP contribution is -2.18. The van der Waals surface area contributed by atoms with Crippen LogP contribution in [0.3, 0.4) is 0 Å². The quantitative estimate of drug-likeness (QED) is 0.791. The Labute approximate surface area is 102 Å². The molecule has 0 aliphatic heterocycles. The molecule has 0 aliphatic rings. The number of aryl methyl sites for hydroxylation is 2. The van der Waals surface area contributed by atoms with Crippen LogP contribution in [0.2, 0.25) is 0 Å². The van der Waals surface area contributed by atoms with E-state index in [0.29, 0.717) is 0 Å². The fraction of sp³-hybridized carbons (Fsp3) is 0.385. The fourth-order valence-corrected chi connectivity index (χ4v) is 1.81. The molecule has 17 heavy (non-hydrogen) atoms. The molecule has 2 aromatic heterocycles. The van der Waals surface area contributed by atoms with E-state index in [1.807, 2.05) is 30.3 Å². The summed E-state index contributed by atoms with van der Waals surface area (Å²) < 4.78 is 1.91. The van der Waals surface area contributed by atoms with E-state index in [1.165, 1.54) is 16.8 Å². The van der Waals surface area contributed by atoms with E-state index in [9.17, 15) is 0 Å². The Hall–Kier alpha value is -1.68. The highest BCUT2D eigenvalue weighted by Crippen LogP contribution is 2.01. The molecule has 90 valence electrons. The van der Waals surface area contributed by atoms with Crippen molar-refractivity contribution in [1.82, 2.24) is 20.1 Å². The molecule has 0 aliphatic carbocycles. The molecule has 4 nitrogen and oxygen atoms in total. The zero-order valence-electron chi connectivity index (χ0n) is 10.3. The Morgan fingerprint density at radius 1 is 1.35 bits per heavy atom. The predicted octanol–water partition coefficient (Wildman–Crippen LogP) is 1.46. The molecule has 0 bridgehead atoms. The molecule has 2 heterocycles. The Kier molecular flexibility index (Phi) is 3.88. The van der Waals surface area contributed by atoms with Gasteiger partial charge in [-0.15, -0.1) is 0 Å². The normalized spacial score (nSPS) is 10.7. The van der Waals surface area contributed by atoms with Crippen molar-refractivity contribution >= 4 is 0 Å². The maximum absolute atomic E-state index is 4.17. The van der Waals surface area contributed by atoms with E-state index in [-0.39, 0.29) is 0 Å². The second kappa shape index (κ2) is 5.59. The minimum atomic E-state index is 0.868. The van der Waals surface area contributed by atoms with Gasteiger partial charge in [0.2, 0.25) is 0 Å². The topological polar surface area (TPSA) is 42.7 Å². The second-order valence-electron chi connectivity index (χ2n) is 4.24. The molecule has 2 aromatic rings. The van der Waals surface area contributed by atoms with Crippen LogP contribution in [-0.4, -0.2) is 21.3 Å². The Morgan fingerprint density at radius 2 is 2.24 bits per heavy atom. The Bertz CT molecular complexity index is 476. The number of hydrogen-bond donors (Lipinski definition) is 1. The molecule has 0 saturated heterocycles. The molecule has 0 aromatic carbocycles. The third-order valence-electron chi connectivity index (χ3n) is 2.74. The first-order valence-corrected chi connectivity index (χ1v) is 5.84. The molecular weight excluding hydrogens is 212 g/mol. The standard InChI is InChI=1S/C13H18N4/c1-11-7-12(10-15-8-11)9-14-5-3-13-4-6-16-17(13)2/h4,6-8,10,14H,3,5,9H2,1-2H3. The largest absolute Gasteiger partial charge is 0.312 e. The SMILES string of the molecule is Cc1cncc(CNCCc2ccnn2C)c1. The van der Waals surface area contributed by atoms with Crippen LogP contribution in [0.25, 0.3) is 0 Å². The minimum absolute atomic E-state index is 0.868. The number of rotatable bonds is 5. The van der Waals surface area contributed by atoms with Gasteiger partial charge in [0.15, 0.2) is 0 Å². The van der Waals surface area contributed by atoms with Gasteiger partial charge in [-0.25, -0.2) is 0 Å². The highest BCUT2D eigenvalue weighted by atomic mass is 15.3. The number of nitrogens with zero attached hydrogens (tertiary/aromatic N) is 3. The van der Waals surface area contributed by atoms with Crippen molar-refractivity contribution in [2.75, 3.05) is 6.54 Å². The van der Waals surface area contributed by atoms with Crippen molar-refractivity contribution in [2.45, 2.75) is 19.9 Å². The highest BCUT2D eigenvalue weighted by molar-refractivity contribution is 5.16. The summed E-state index contributed by atoms with van der Waals surface area (Å²) in [5.74, 6) is 0. The molecule has 0 unspecified atom stereocenters. The number of hydrogen-bond acceptors (Lipinski definition) is 3. The third kappa shape index (κ3) is 3.39. The van der Waals surface area contributed by atoms with E-state index >= 15 is 0 Å². The van der Waals surface area contributed by atoms with E-state index in [2.05, 4.69) is 34.5 Å². The van der Waals surface area contributed by atoms with Crippen LogP contribution in [0.1, 0.15) is 16.8 Å². The highest BCUT2D eigenvalue weighted by Gasteiger charge is 1.98. The summed E-state index contributed by atoms with van der Waals surface area (Å²) >= 11 is 0. The summed E-state index contributed by atoms with van der Waals surface area (Å²) in [6.07, 6.45) is 6.61. The van der Waals surface area contributed by atoms with Crippen molar-refractivity contribution in [3.05, 3.63) is 47.5 Å². The zero-order chi connectivity index (χ0) is 12.1. The van der Waals surface area contributed by atoms with Crippen LogP contribution in [-0.2, 0) is 20.0 Å². The van der Waals surface area contributed by atoms with Crippen molar-refractivity contribution in [3.63, 3.8) is 0 Å². The number of pyridine rings is 1. The summed E-state index contributed by atoms with van der Waals surface area (Å²) in [6, 6.07) is 4.21. The lowest BCUT2D eigenvalue weighted by molar-refractivity contribution is 0.642.